The predicted octanol–water partition coefficient (Wildman–Crippen LogP) is -0.170. The highest BCUT2D eigenvalue weighted by Gasteiger charge is 2.20. The Balaban J connectivity index is 2.48. The van der Waals surface area contributed by atoms with Crippen molar-refractivity contribution in [3.8, 4) is 0 Å². The van der Waals surface area contributed by atoms with Crippen molar-refractivity contribution >= 4 is 5.91 Å². The maximum absolute atomic E-state index is 12.1. The van der Waals surface area contributed by atoms with E-state index >= 15 is 0 Å². The van der Waals surface area contributed by atoms with E-state index in [4.69, 9.17) is 5.73 Å². The van der Waals surface area contributed by atoms with Crippen LogP contribution in [0.2, 0.25) is 0 Å². The molecule has 0 aromatic carbocycles. The molecule has 1 aromatic rings. The standard InChI is InChI=1S/C12H23N5O/c1-15(2)6-5-7-16(3)12(18)11(13)10-8-14-17(4)9-10/h8-9,11H,5-7,13H2,1-4H3. The molecule has 1 unspecified atom stereocenters. The van der Waals surface area contributed by atoms with Gasteiger partial charge in [-0.2, -0.15) is 5.10 Å². The van der Waals surface area contributed by atoms with Gasteiger partial charge in [0.05, 0.1) is 6.20 Å². The van der Waals surface area contributed by atoms with Gasteiger partial charge in [0.15, 0.2) is 0 Å². The summed E-state index contributed by atoms with van der Waals surface area (Å²) >= 11 is 0. The molecule has 0 bridgehead atoms. The Kier molecular flexibility index (Phi) is 5.30. The zero-order valence-electron chi connectivity index (χ0n) is 11.6. The van der Waals surface area contributed by atoms with E-state index in [-0.39, 0.29) is 5.91 Å². The lowest BCUT2D eigenvalue weighted by atomic mass is 10.1. The van der Waals surface area contributed by atoms with Crippen molar-refractivity contribution in [1.29, 1.82) is 0 Å². The van der Waals surface area contributed by atoms with Crippen LogP contribution in [0.3, 0.4) is 0 Å². The van der Waals surface area contributed by atoms with E-state index in [1.807, 2.05) is 21.1 Å². The van der Waals surface area contributed by atoms with Crippen LogP contribution in [0.25, 0.3) is 0 Å². The second-order valence-corrected chi connectivity index (χ2v) is 4.84. The van der Waals surface area contributed by atoms with Crippen LogP contribution in [0.1, 0.15) is 18.0 Å². The third-order valence-electron chi connectivity index (χ3n) is 2.83. The van der Waals surface area contributed by atoms with E-state index < -0.39 is 6.04 Å². The van der Waals surface area contributed by atoms with Crippen molar-refractivity contribution in [3.63, 3.8) is 0 Å². The third kappa shape index (κ3) is 4.12. The second-order valence-electron chi connectivity index (χ2n) is 4.84. The normalized spacial score (nSPS) is 12.8. The Hall–Kier alpha value is -1.40. The fourth-order valence-corrected chi connectivity index (χ4v) is 1.72. The van der Waals surface area contributed by atoms with Crippen molar-refractivity contribution in [2.24, 2.45) is 12.8 Å². The molecule has 1 heterocycles. The Morgan fingerprint density at radius 2 is 2.11 bits per heavy atom. The van der Waals surface area contributed by atoms with Gasteiger partial charge in [0.25, 0.3) is 0 Å². The molecule has 0 spiro atoms. The minimum absolute atomic E-state index is 0.0678. The van der Waals surface area contributed by atoms with Gasteiger partial charge in [-0.15, -0.1) is 0 Å². The molecule has 0 saturated heterocycles. The molecule has 0 radical (unpaired) electrons. The smallest absolute Gasteiger partial charge is 0.243 e. The highest BCUT2D eigenvalue weighted by atomic mass is 16.2. The average molecular weight is 253 g/mol. The minimum atomic E-state index is -0.622. The Morgan fingerprint density at radius 1 is 1.44 bits per heavy atom. The maximum atomic E-state index is 12.1. The molecule has 0 aliphatic heterocycles. The molecule has 1 rings (SSSR count). The number of hydrogen-bond acceptors (Lipinski definition) is 4. The number of amides is 1. The highest BCUT2D eigenvalue weighted by molar-refractivity contribution is 5.82. The molecule has 2 N–H and O–H groups in total. The number of hydrogen-bond donors (Lipinski definition) is 1. The number of rotatable bonds is 6. The number of nitrogens with zero attached hydrogens (tertiary/aromatic N) is 4. The van der Waals surface area contributed by atoms with Gasteiger partial charge in [0, 0.05) is 32.4 Å². The summed E-state index contributed by atoms with van der Waals surface area (Å²) in [7, 11) is 7.63. The lowest BCUT2D eigenvalue weighted by Gasteiger charge is -2.21. The largest absolute Gasteiger partial charge is 0.344 e. The molecule has 0 aliphatic rings. The molecule has 6 heteroatoms. The number of carbonyl (C=O) groups excluding carboxylic acids is 1. The Morgan fingerprint density at radius 3 is 2.61 bits per heavy atom. The van der Waals surface area contributed by atoms with Crippen LogP contribution in [0.4, 0.5) is 0 Å². The average Bonchev–Trinajstić information content (AvgIpc) is 2.73. The first kappa shape index (κ1) is 14.7. The topological polar surface area (TPSA) is 67.4 Å². The van der Waals surface area contributed by atoms with Crippen LogP contribution in [0.5, 0.6) is 0 Å². The molecule has 0 saturated carbocycles. The molecule has 1 amide bonds. The lowest BCUT2D eigenvalue weighted by molar-refractivity contribution is -0.131. The van der Waals surface area contributed by atoms with Gasteiger partial charge in [0.1, 0.15) is 6.04 Å². The number of nitrogens with two attached hydrogens (primary N) is 1. The third-order valence-corrected chi connectivity index (χ3v) is 2.83. The molecule has 0 aliphatic carbocycles. The van der Waals surface area contributed by atoms with Gasteiger partial charge < -0.3 is 15.5 Å². The molecular formula is C12H23N5O. The first-order chi connectivity index (χ1) is 8.41. The predicted molar refractivity (Wildman–Crippen MR) is 70.9 cm³/mol. The summed E-state index contributed by atoms with van der Waals surface area (Å²) in [5, 5.41) is 4.02. The van der Waals surface area contributed by atoms with Crippen molar-refractivity contribution in [2.75, 3.05) is 34.2 Å². The first-order valence-corrected chi connectivity index (χ1v) is 6.05. The van der Waals surface area contributed by atoms with Gasteiger partial charge in [-0.25, -0.2) is 0 Å². The van der Waals surface area contributed by atoms with Gasteiger partial charge in [-0.3, -0.25) is 9.48 Å². The Bertz CT molecular complexity index is 388. The van der Waals surface area contributed by atoms with E-state index in [0.717, 1.165) is 18.5 Å². The van der Waals surface area contributed by atoms with Crippen molar-refractivity contribution in [2.45, 2.75) is 12.5 Å². The summed E-state index contributed by atoms with van der Waals surface area (Å²) in [4.78, 5) is 15.9. The summed E-state index contributed by atoms with van der Waals surface area (Å²) < 4.78 is 1.65. The van der Waals surface area contributed by atoms with Crippen LogP contribution >= 0.6 is 0 Å². The van der Waals surface area contributed by atoms with E-state index in [1.165, 1.54) is 0 Å². The van der Waals surface area contributed by atoms with Gasteiger partial charge >= 0.3 is 0 Å². The molecule has 0 fully saturated rings. The summed E-state index contributed by atoms with van der Waals surface area (Å²) in [6.45, 7) is 1.67. The molecule has 6 nitrogen and oxygen atoms in total. The monoisotopic (exact) mass is 253 g/mol. The SMILES string of the molecule is CN(C)CCCN(C)C(=O)C(N)c1cnn(C)c1. The fraction of sp³-hybridized carbons (Fsp3) is 0.667. The van der Waals surface area contributed by atoms with Crippen LogP contribution in [-0.4, -0.2) is 59.7 Å². The van der Waals surface area contributed by atoms with E-state index in [2.05, 4.69) is 10.00 Å². The first-order valence-electron chi connectivity index (χ1n) is 6.05. The van der Waals surface area contributed by atoms with E-state index in [9.17, 15) is 4.79 Å². The minimum Gasteiger partial charge on any atom is -0.344 e. The molecular weight excluding hydrogens is 230 g/mol. The zero-order valence-corrected chi connectivity index (χ0v) is 11.6. The molecule has 18 heavy (non-hydrogen) atoms. The van der Waals surface area contributed by atoms with Crippen LogP contribution in [-0.2, 0) is 11.8 Å². The Labute approximate surface area is 108 Å². The zero-order chi connectivity index (χ0) is 13.7. The van der Waals surface area contributed by atoms with Crippen molar-refractivity contribution in [1.82, 2.24) is 19.6 Å². The second kappa shape index (κ2) is 6.51. The summed E-state index contributed by atoms with van der Waals surface area (Å²) in [6.07, 6.45) is 4.35. The van der Waals surface area contributed by atoms with Gasteiger partial charge in [0.2, 0.25) is 5.91 Å². The number of carbonyl (C=O) groups is 1. The maximum Gasteiger partial charge on any atom is 0.243 e. The number of aromatic nitrogens is 2. The van der Waals surface area contributed by atoms with Gasteiger partial charge in [-0.1, -0.05) is 0 Å². The number of aryl methyl sites for hydroxylation is 1. The summed E-state index contributed by atoms with van der Waals surface area (Å²) in [6, 6.07) is -0.622. The quantitative estimate of drug-likeness (QED) is 0.764. The molecule has 1 aromatic heterocycles. The lowest BCUT2D eigenvalue weighted by Crippen LogP contribution is -2.37. The highest BCUT2D eigenvalue weighted by Crippen LogP contribution is 2.11. The fourth-order valence-electron chi connectivity index (χ4n) is 1.72. The van der Waals surface area contributed by atoms with E-state index in [0.29, 0.717) is 6.54 Å². The number of likely N-dealkylation sites (N-methyl/N-ethyl adjacent to an activating group) is 1. The van der Waals surface area contributed by atoms with E-state index in [1.54, 1.807) is 29.0 Å². The van der Waals surface area contributed by atoms with Crippen LogP contribution in [0, 0.1) is 0 Å². The summed E-state index contributed by atoms with van der Waals surface area (Å²) in [5.41, 5.74) is 6.68. The summed E-state index contributed by atoms with van der Waals surface area (Å²) in [5.74, 6) is -0.0678. The van der Waals surface area contributed by atoms with Gasteiger partial charge in [-0.05, 0) is 27.1 Å². The van der Waals surface area contributed by atoms with Crippen molar-refractivity contribution in [3.05, 3.63) is 18.0 Å². The van der Waals surface area contributed by atoms with Crippen LogP contribution in [0.15, 0.2) is 12.4 Å². The van der Waals surface area contributed by atoms with Crippen LogP contribution < -0.4 is 5.73 Å². The molecule has 1 atom stereocenters. The molecule has 102 valence electrons. The van der Waals surface area contributed by atoms with Crippen molar-refractivity contribution < 1.29 is 4.79 Å².